The predicted octanol–water partition coefficient (Wildman–Crippen LogP) is 1.10. The van der Waals surface area contributed by atoms with Crippen LogP contribution in [-0.2, 0) is 0 Å². The van der Waals surface area contributed by atoms with Crippen LogP contribution in [-0.4, -0.2) is 0 Å². The van der Waals surface area contributed by atoms with Crippen molar-refractivity contribution in [2.24, 2.45) is 5.73 Å². The molecule has 1 nitrogen and oxygen atoms in total. The van der Waals surface area contributed by atoms with E-state index in [1.54, 1.807) is 0 Å². The normalized spacial score (nSPS) is 15.6. The molecule has 0 heterocycles. The van der Waals surface area contributed by atoms with Gasteiger partial charge in [-0.1, -0.05) is 5.73 Å². The minimum absolute atomic E-state index is 0.649. The summed E-state index contributed by atoms with van der Waals surface area (Å²) in [6.45, 7) is 1.95. The lowest BCUT2D eigenvalue weighted by molar-refractivity contribution is 1.40. The molecule has 0 unspecified atom stereocenters. The average Bonchev–Trinajstić information content (AvgIpc) is 1.77. The maximum absolute atomic E-state index is 5.34. The fourth-order valence-corrected chi connectivity index (χ4v) is 0.469. The van der Waals surface area contributed by atoms with Crippen molar-refractivity contribution in [3.05, 3.63) is 34.9 Å². The lowest BCUT2D eigenvalue weighted by Crippen LogP contribution is -1.90. The summed E-state index contributed by atoms with van der Waals surface area (Å²) in [6.07, 6.45) is 3.72. The second kappa shape index (κ2) is 1.75. The zero-order valence-electron chi connectivity index (χ0n) is 4.73. The Balaban J connectivity index is 3.19. The van der Waals surface area contributed by atoms with Gasteiger partial charge in [-0.3, -0.25) is 0 Å². The lowest BCUT2D eigenvalue weighted by atomic mass is 10.2. The van der Waals surface area contributed by atoms with E-state index in [9.17, 15) is 0 Å². The summed E-state index contributed by atoms with van der Waals surface area (Å²) >= 11 is 0. The summed E-state index contributed by atoms with van der Waals surface area (Å²) in [5, 5.41) is 0. The Morgan fingerprint density at radius 2 is 2.12 bits per heavy atom. The second-order valence-corrected chi connectivity index (χ2v) is 1.72. The van der Waals surface area contributed by atoms with E-state index in [4.69, 9.17) is 5.73 Å². The highest BCUT2D eigenvalue weighted by Crippen LogP contribution is 1.97. The van der Waals surface area contributed by atoms with Gasteiger partial charge in [0.25, 0.3) is 0 Å². The van der Waals surface area contributed by atoms with Gasteiger partial charge in [-0.15, -0.1) is 0 Å². The van der Waals surface area contributed by atoms with E-state index in [0.29, 0.717) is 5.70 Å². The standard InChI is InChI=1S/C7H7N/c1-6-2-4-7(8)5-3-6/h2,4H,8H2,1H3. The van der Waals surface area contributed by atoms with Crippen LogP contribution < -0.4 is 5.73 Å². The molecule has 0 bridgehead atoms. The Morgan fingerprint density at radius 3 is 2.50 bits per heavy atom. The predicted molar refractivity (Wildman–Crippen MR) is 33.1 cm³/mol. The molecule has 0 fully saturated rings. The first-order valence-corrected chi connectivity index (χ1v) is 2.45. The van der Waals surface area contributed by atoms with Crippen LogP contribution >= 0.6 is 0 Å². The van der Waals surface area contributed by atoms with E-state index in [1.807, 2.05) is 19.1 Å². The molecule has 0 saturated carbocycles. The summed E-state index contributed by atoms with van der Waals surface area (Å²) in [4.78, 5) is 0. The largest absolute Gasteiger partial charge is 0.392 e. The molecule has 0 saturated heterocycles. The van der Waals surface area contributed by atoms with Crippen molar-refractivity contribution >= 4 is 0 Å². The minimum atomic E-state index is 0.649. The zero-order valence-corrected chi connectivity index (χ0v) is 4.73. The summed E-state index contributed by atoms with van der Waals surface area (Å²) in [5.41, 5.74) is 12.7. The van der Waals surface area contributed by atoms with Gasteiger partial charge >= 0.3 is 0 Å². The van der Waals surface area contributed by atoms with E-state index < -0.39 is 0 Å². The molecule has 0 radical (unpaired) electrons. The number of allylic oxidation sites excluding steroid dienone is 3. The summed E-state index contributed by atoms with van der Waals surface area (Å²) < 4.78 is 0. The number of hydrogen-bond donors (Lipinski definition) is 1. The average molecular weight is 105 g/mol. The Bertz CT molecular complexity index is 197. The lowest BCUT2D eigenvalue weighted by Gasteiger charge is -1.88. The summed E-state index contributed by atoms with van der Waals surface area (Å²) in [6, 6.07) is 0. The van der Waals surface area contributed by atoms with Gasteiger partial charge in [0.2, 0.25) is 0 Å². The molecular formula is C7H7N. The van der Waals surface area contributed by atoms with Crippen LogP contribution in [0.4, 0.5) is 0 Å². The third-order valence-corrected chi connectivity index (χ3v) is 0.917. The quantitative estimate of drug-likeness (QED) is 0.459. The number of hydrogen-bond acceptors (Lipinski definition) is 1. The van der Waals surface area contributed by atoms with Crippen LogP contribution in [0.25, 0.3) is 0 Å². The number of rotatable bonds is 0. The highest BCUT2D eigenvalue weighted by atomic mass is 14.5. The van der Waals surface area contributed by atoms with Gasteiger partial charge in [0.1, 0.15) is 0 Å². The second-order valence-electron chi connectivity index (χ2n) is 1.72. The highest BCUT2D eigenvalue weighted by Gasteiger charge is 1.83. The Labute approximate surface area is 48.5 Å². The van der Waals surface area contributed by atoms with Gasteiger partial charge in [-0.25, -0.2) is 0 Å². The van der Waals surface area contributed by atoms with E-state index in [2.05, 4.69) is 11.5 Å². The molecule has 0 spiro atoms. The Kier molecular flexibility index (Phi) is 1.09. The number of nitrogens with two attached hydrogens (primary N) is 1. The van der Waals surface area contributed by atoms with Gasteiger partial charge in [0.15, 0.2) is 0 Å². The van der Waals surface area contributed by atoms with E-state index in [1.165, 1.54) is 0 Å². The molecule has 0 atom stereocenters. The fraction of sp³-hybridized carbons (Fsp3) is 0.143. The molecule has 2 N–H and O–H groups in total. The van der Waals surface area contributed by atoms with Crippen molar-refractivity contribution in [1.82, 2.24) is 0 Å². The van der Waals surface area contributed by atoms with Crippen LogP contribution in [0.3, 0.4) is 0 Å². The monoisotopic (exact) mass is 105 g/mol. The van der Waals surface area contributed by atoms with Crippen molar-refractivity contribution < 1.29 is 0 Å². The molecule has 1 rings (SSSR count). The van der Waals surface area contributed by atoms with E-state index in [0.717, 1.165) is 5.57 Å². The molecule has 0 aromatic carbocycles. The van der Waals surface area contributed by atoms with Crippen molar-refractivity contribution in [3.63, 3.8) is 0 Å². The van der Waals surface area contributed by atoms with Crippen molar-refractivity contribution in [2.75, 3.05) is 0 Å². The third-order valence-electron chi connectivity index (χ3n) is 0.917. The van der Waals surface area contributed by atoms with E-state index >= 15 is 0 Å². The molecule has 1 aliphatic carbocycles. The zero-order chi connectivity index (χ0) is 5.98. The molecule has 1 heteroatoms. The first-order chi connectivity index (χ1) is 3.79. The van der Waals surface area contributed by atoms with Gasteiger partial charge in [0, 0.05) is 0 Å². The minimum Gasteiger partial charge on any atom is -0.392 e. The molecule has 0 aromatic heterocycles. The molecule has 0 aliphatic heterocycles. The van der Waals surface area contributed by atoms with Crippen molar-refractivity contribution in [3.8, 4) is 0 Å². The maximum atomic E-state index is 5.34. The fourth-order valence-electron chi connectivity index (χ4n) is 0.469. The molecule has 40 valence electrons. The van der Waals surface area contributed by atoms with Gasteiger partial charge in [-0.05, 0) is 30.4 Å². The van der Waals surface area contributed by atoms with Crippen LogP contribution in [0, 0.1) is 0 Å². The van der Waals surface area contributed by atoms with Crippen LogP contribution in [0.15, 0.2) is 34.9 Å². The molecule has 0 aromatic rings. The molecule has 1 aliphatic rings. The van der Waals surface area contributed by atoms with Gasteiger partial charge in [-0.2, -0.15) is 0 Å². The molecule has 8 heavy (non-hydrogen) atoms. The SMILES string of the molecule is CC1=C=C=C(N)C=C1. The van der Waals surface area contributed by atoms with Gasteiger partial charge < -0.3 is 5.73 Å². The topological polar surface area (TPSA) is 26.0 Å². The van der Waals surface area contributed by atoms with Crippen molar-refractivity contribution in [2.45, 2.75) is 6.92 Å². The van der Waals surface area contributed by atoms with Crippen molar-refractivity contribution in [1.29, 1.82) is 0 Å². The smallest absolute Gasteiger partial charge is 0.0831 e. The summed E-state index contributed by atoms with van der Waals surface area (Å²) in [5.74, 6) is 0. The Morgan fingerprint density at radius 1 is 1.38 bits per heavy atom. The first-order valence-electron chi connectivity index (χ1n) is 2.45. The Hall–Kier alpha value is -1.16. The van der Waals surface area contributed by atoms with E-state index in [-0.39, 0.29) is 0 Å². The van der Waals surface area contributed by atoms with Gasteiger partial charge in [0.05, 0.1) is 5.70 Å². The van der Waals surface area contributed by atoms with Crippen LogP contribution in [0.2, 0.25) is 0 Å². The first kappa shape index (κ1) is 4.99. The molecular weight excluding hydrogens is 98.1 g/mol. The third kappa shape index (κ3) is 0.913. The van der Waals surface area contributed by atoms with Crippen LogP contribution in [0.5, 0.6) is 0 Å². The summed E-state index contributed by atoms with van der Waals surface area (Å²) in [7, 11) is 0. The van der Waals surface area contributed by atoms with Crippen LogP contribution in [0.1, 0.15) is 6.92 Å². The molecule has 0 amide bonds. The highest BCUT2D eigenvalue weighted by molar-refractivity contribution is 5.28. The maximum Gasteiger partial charge on any atom is 0.0831 e.